The average molecular weight is 268 g/mol. The van der Waals surface area contributed by atoms with Gasteiger partial charge in [-0.15, -0.1) is 0 Å². The first-order valence-corrected chi connectivity index (χ1v) is 7.28. The van der Waals surface area contributed by atoms with Crippen molar-refractivity contribution in [3.63, 3.8) is 0 Å². The van der Waals surface area contributed by atoms with Crippen LogP contribution in [0, 0.1) is 0 Å². The van der Waals surface area contributed by atoms with Crippen LogP contribution in [0.25, 0.3) is 11.0 Å². The van der Waals surface area contributed by atoms with Crippen LogP contribution in [0.5, 0.6) is 0 Å². The van der Waals surface area contributed by atoms with Crippen molar-refractivity contribution < 1.29 is 0 Å². The van der Waals surface area contributed by atoms with Gasteiger partial charge >= 0.3 is 0 Å². The van der Waals surface area contributed by atoms with Crippen LogP contribution in [0.2, 0.25) is 0 Å². The van der Waals surface area contributed by atoms with Gasteiger partial charge in [0.1, 0.15) is 5.69 Å². The molecule has 1 aromatic carbocycles. The van der Waals surface area contributed by atoms with Crippen LogP contribution in [0.4, 0.5) is 0 Å². The third-order valence-corrected chi connectivity index (χ3v) is 3.94. The Kier molecular flexibility index (Phi) is 3.63. The van der Waals surface area contributed by atoms with Crippen molar-refractivity contribution in [1.29, 1.82) is 0 Å². The van der Waals surface area contributed by atoms with Gasteiger partial charge in [-0.2, -0.15) is 5.10 Å². The topological polar surface area (TPSA) is 41.4 Å². The Labute approximate surface area is 119 Å². The summed E-state index contributed by atoms with van der Waals surface area (Å²) in [7, 11) is 0. The molecule has 104 valence electrons. The Morgan fingerprint density at radius 2 is 1.85 bits per heavy atom. The van der Waals surface area contributed by atoms with Crippen LogP contribution < -0.4 is 0 Å². The largest absolute Gasteiger partial charge is 0.291 e. The predicted molar refractivity (Wildman–Crippen MR) is 81.7 cm³/mol. The minimum absolute atomic E-state index is 0.503. The molecule has 4 nitrogen and oxygen atoms in total. The molecule has 2 heterocycles. The van der Waals surface area contributed by atoms with Crippen molar-refractivity contribution in [3.05, 3.63) is 36.2 Å². The van der Waals surface area contributed by atoms with Crippen molar-refractivity contribution in [2.75, 3.05) is 0 Å². The molecule has 0 bridgehead atoms. The Bertz CT molecular complexity index is 613. The standard InChI is InChI=1S/C16H20N4/c1-12-6-5-7-13(2)20(12)18-11-14-10-17-15-8-3-4-9-16(15)19-14/h3-4,8-13H,5-7H2,1-2H3/b18-11-/t12-,13+. The molecule has 0 N–H and O–H groups in total. The smallest absolute Gasteiger partial charge is 0.102 e. The van der Waals surface area contributed by atoms with E-state index in [1.54, 1.807) is 6.20 Å². The summed E-state index contributed by atoms with van der Waals surface area (Å²) in [4.78, 5) is 8.98. The van der Waals surface area contributed by atoms with Crippen LogP contribution in [-0.2, 0) is 0 Å². The summed E-state index contributed by atoms with van der Waals surface area (Å²) in [5.74, 6) is 0. The molecule has 0 amide bonds. The Balaban J connectivity index is 1.82. The van der Waals surface area contributed by atoms with Gasteiger partial charge in [0, 0.05) is 12.1 Å². The highest BCUT2D eigenvalue weighted by atomic mass is 15.5. The van der Waals surface area contributed by atoms with E-state index in [4.69, 9.17) is 0 Å². The highest BCUT2D eigenvalue weighted by molar-refractivity contribution is 5.81. The molecule has 1 fully saturated rings. The summed E-state index contributed by atoms with van der Waals surface area (Å²) in [6, 6.07) is 8.91. The molecule has 1 aromatic heterocycles. The van der Waals surface area contributed by atoms with E-state index >= 15 is 0 Å². The van der Waals surface area contributed by atoms with Crippen molar-refractivity contribution in [1.82, 2.24) is 15.0 Å². The number of fused-ring (bicyclic) bond motifs is 1. The summed E-state index contributed by atoms with van der Waals surface area (Å²) >= 11 is 0. The Morgan fingerprint density at radius 1 is 1.15 bits per heavy atom. The number of benzene rings is 1. The van der Waals surface area contributed by atoms with Gasteiger partial charge in [0.15, 0.2) is 0 Å². The van der Waals surface area contributed by atoms with Gasteiger partial charge in [0.2, 0.25) is 0 Å². The number of piperidine rings is 1. The van der Waals surface area contributed by atoms with Crippen LogP contribution in [-0.4, -0.2) is 33.3 Å². The van der Waals surface area contributed by atoms with Gasteiger partial charge in [-0.05, 0) is 45.2 Å². The molecule has 0 spiro atoms. The third kappa shape index (κ3) is 2.64. The monoisotopic (exact) mass is 268 g/mol. The lowest BCUT2D eigenvalue weighted by molar-refractivity contribution is 0.109. The van der Waals surface area contributed by atoms with Crippen molar-refractivity contribution in [2.45, 2.75) is 45.2 Å². The fourth-order valence-electron chi connectivity index (χ4n) is 2.79. The van der Waals surface area contributed by atoms with Gasteiger partial charge in [-0.3, -0.25) is 9.99 Å². The first-order valence-electron chi connectivity index (χ1n) is 7.28. The zero-order valence-electron chi connectivity index (χ0n) is 12.0. The summed E-state index contributed by atoms with van der Waals surface area (Å²) in [6.45, 7) is 4.47. The van der Waals surface area contributed by atoms with Crippen LogP contribution in [0.1, 0.15) is 38.8 Å². The second kappa shape index (κ2) is 5.57. The Hall–Kier alpha value is -1.97. The molecule has 0 aliphatic carbocycles. The maximum absolute atomic E-state index is 4.63. The third-order valence-electron chi connectivity index (χ3n) is 3.94. The summed E-state index contributed by atoms with van der Waals surface area (Å²) in [5.41, 5.74) is 2.65. The number of para-hydroxylation sites is 2. The van der Waals surface area contributed by atoms with Crippen LogP contribution in [0.15, 0.2) is 35.6 Å². The molecule has 20 heavy (non-hydrogen) atoms. The molecule has 1 aliphatic heterocycles. The van der Waals surface area contributed by atoms with E-state index in [1.807, 2.05) is 30.5 Å². The number of nitrogens with zero attached hydrogens (tertiary/aromatic N) is 4. The quantitative estimate of drug-likeness (QED) is 0.785. The highest BCUT2D eigenvalue weighted by Crippen LogP contribution is 2.22. The van der Waals surface area contributed by atoms with Gasteiger partial charge in [0.25, 0.3) is 0 Å². The molecule has 4 heteroatoms. The summed E-state index contributed by atoms with van der Waals surface area (Å²) in [6.07, 6.45) is 7.34. The maximum Gasteiger partial charge on any atom is 0.102 e. The van der Waals surface area contributed by atoms with Gasteiger partial charge in [-0.1, -0.05) is 12.1 Å². The van der Waals surface area contributed by atoms with E-state index in [2.05, 4.69) is 33.9 Å². The van der Waals surface area contributed by atoms with Gasteiger partial charge in [0.05, 0.1) is 23.4 Å². The predicted octanol–water partition coefficient (Wildman–Crippen LogP) is 3.23. The SMILES string of the molecule is C[C@@H]1CCC[C@H](C)N1/N=C\c1cnc2ccccc2n1. The molecule has 2 atom stereocenters. The van der Waals surface area contributed by atoms with Gasteiger partial charge in [-0.25, -0.2) is 4.98 Å². The van der Waals surface area contributed by atoms with E-state index in [-0.39, 0.29) is 0 Å². The fraction of sp³-hybridized carbons (Fsp3) is 0.438. The van der Waals surface area contributed by atoms with Crippen molar-refractivity contribution in [2.24, 2.45) is 5.10 Å². The molecule has 1 saturated heterocycles. The maximum atomic E-state index is 4.63. The number of hydrazone groups is 1. The zero-order chi connectivity index (χ0) is 13.9. The fourth-order valence-corrected chi connectivity index (χ4v) is 2.79. The van der Waals surface area contributed by atoms with E-state index in [1.165, 1.54) is 19.3 Å². The molecule has 0 unspecified atom stereocenters. The summed E-state index contributed by atoms with van der Waals surface area (Å²) < 4.78 is 0. The lowest BCUT2D eigenvalue weighted by atomic mass is 10.00. The molecule has 0 saturated carbocycles. The average Bonchev–Trinajstić information content (AvgIpc) is 2.46. The van der Waals surface area contributed by atoms with E-state index < -0.39 is 0 Å². The Morgan fingerprint density at radius 3 is 2.60 bits per heavy atom. The van der Waals surface area contributed by atoms with Crippen LogP contribution in [0.3, 0.4) is 0 Å². The number of hydrogen-bond donors (Lipinski definition) is 0. The van der Waals surface area contributed by atoms with E-state index in [0.717, 1.165) is 16.7 Å². The van der Waals surface area contributed by atoms with Crippen LogP contribution >= 0.6 is 0 Å². The normalized spacial score (nSPS) is 23.6. The first kappa shape index (κ1) is 13.0. The molecule has 0 radical (unpaired) electrons. The first-order chi connectivity index (χ1) is 9.74. The second-order valence-electron chi connectivity index (χ2n) is 5.54. The lowest BCUT2D eigenvalue weighted by Gasteiger charge is -2.36. The number of aromatic nitrogens is 2. The highest BCUT2D eigenvalue weighted by Gasteiger charge is 2.22. The van der Waals surface area contributed by atoms with Crippen molar-refractivity contribution in [3.8, 4) is 0 Å². The van der Waals surface area contributed by atoms with E-state index in [0.29, 0.717) is 12.1 Å². The van der Waals surface area contributed by atoms with Crippen molar-refractivity contribution >= 4 is 17.2 Å². The molecule has 2 aromatic rings. The minimum atomic E-state index is 0.503. The minimum Gasteiger partial charge on any atom is -0.291 e. The molecule has 1 aliphatic rings. The second-order valence-corrected chi connectivity index (χ2v) is 5.54. The number of rotatable bonds is 2. The van der Waals surface area contributed by atoms with Gasteiger partial charge < -0.3 is 0 Å². The van der Waals surface area contributed by atoms with E-state index in [9.17, 15) is 0 Å². The zero-order valence-corrected chi connectivity index (χ0v) is 12.0. The lowest BCUT2D eigenvalue weighted by Crippen LogP contribution is -2.39. The number of hydrogen-bond acceptors (Lipinski definition) is 4. The molecular formula is C16H20N4. The molecule has 3 rings (SSSR count). The summed E-state index contributed by atoms with van der Waals surface area (Å²) in [5, 5.41) is 6.82. The molecular weight excluding hydrogens is 248 g/mol.